The Morgan fingerprint density at radius 1 is 0.472 bits per heavy atom. The van der Waals surface area contributed by atoms with E-state index in [1.165, 1.54) is 50.1 Å². The van der Waals surface area contributed by atoms with Crippen LogP contribution in [0.25, 0.3) is 22.3 Å². The van der Waals surface area contributed by atoms with Gasteiger partial charge in [-0.15, -0.1) is 67.9 Å². The maximum absolute atomic E-state index is 5.03. The molecule has 0 amide bonds. The maximum Gasteiger partial charge on any atom is 0.0812 e. The molecule has 0 aliphatic rings. The Morgan fingerprint density at radius 2 is 0.849 bits per heavy atom. The quantitative estimate of drug-likeness (QED) is 0.103. The van der Waals surface area contributed by atoms with E-state index >= 15 is 0 Å². The van der Waals surface area contributed by atoms with Crippen molar-refractivity contribution in [3.05, 3.63) is 130 Å². The number of pyridine rings is 2. The van der Waals surface area contributed by atoms with Crippen LogP contribution < -0.4 is 0 Å². The molecule has 0 radical (unpaired) electrons. The van der Waals surface area contributed by atoms with Crippen LogP contribution in [0.4, 0.5) is 11.4 Å². The Morgan fingerprint density at radius 3 is 1.19 bits per heavy atom. The summed E-state index contributed by atoms with van der Waals surface area (Å²) in [5.41, 5.74) is 15.0. The van der Waals surface area contributed by atoms with Gasteiger partial charge < -0.3 is 0 Å². The zero-order valence-electron chi connectivity index (χ0n) is 31.7. The molecule has 5 aromatic rings. The molecule has 0 N–H and O–H groups in total. The normalized spacial score (nSPS) is 10.7. The van der Waals surface area contributed by atoms with Gasteiger partial charge in [0.25, 0.3) is 0 Å². The van der Waals surface area contributed by atoms with Crippen LogP contribution in [-0.2, 0) is 33.0 Å². The number of rotatable bonds is 10. The van der Waals surface area contributed by atoms with Crippen molar-refractivity contribution in [1.29, 1.82) is 0 Å². The first-order valence-corrected chi connectivity index (χ1v) is 16.9. The van der Waals surface area contributed by atoms with E-state index in [4.69, 9.17) is 9.98 Å². The minimum absolute atomic E-state index is 0. The molecule has 0 unspecified atom stereocenters. The maximum atomic E-state index is 5.03. The predicted molar refractivity (Wildman–Crippen MR) is 243 cm³/mol. The van der Waals surface area contributed by atoms with Gasteiger partial charge in [-0.1, -0.05) is 79.7 Å². The monoisotopic (exact) mass is 1060 g/mol. The van der Waals surface area contributed by atoms with Gasteiger partial charge >= 0.3 is 0 Å². The second-order valence-corrected chi connectivity index (χ2v) is 13.7. The van der Waals surface area contributed by atoms with Gasteiger partial charge in [-0.3, -0.25) is 20.0 Å². The van der Waals surface area contributed by atoms with E-state index in [9.17, 15) is 0 Å². The molecule has 2 aromatic heterocycles. The van der Waals surface area contributed by atoms with Gasteiger partial charge in [0.2, 0.25) is 0 Å². The molecule has 0 saturated heterocycles. The summed E-state index contributed by atoms with van der Waals surface area (Å²) >= 11 is 0. The van der Waals surface area contributed by atoms with Crippen molar-refractivity contribution >= 4 is 91.7 Å². The molecule has 292 valence electrons. The summed E-state index contributed by atoms with van der Waals surface area (Å²) in [6, 6.07) is 28.1. The fraction of sp³-hybridized carbons (Fsp3) is 0.302. The van der Waals surface area contributed by atoms with E-state index < -0.39 is 0 Å². The van der Waals surface area contributed by atoms with Gasteiger partial charge in [0, 0.05) is 45.4 Å². The zero-order chi connectivity index (χ0) is 33.7. The van der Waals surface area contributed by atoms with Crippen LogP contribution in [0.15, 0.2) is 101 Å². The number of aliphatic imine (C=N–C) groups is 2. The fourth-order valence-corrected chi connectivity index (χ4v) is 6.02. The van der Waals surface area contributed by atoms with Gasteiger partial charge in [0.15, 0.2) is 0 Å². The number of aromatic nitrogens is 2. The molecular weight excluding hydrogens is 1010 g/mol. The van der Waals surface area contributed by atoms with Crippen LogP contribution in [0.5, 0.6) is 0 Å². The van der Waals surface area contributed by atoms with E-state index in [2.05, 4.69) is 115 Å². The molecule has 0 saturated carbocycles. The molecule has 0 aliphatic carbocycles. The Hall–Kier alpha value is -1.79. The molecule has 0 bridgehead atoms. The first-order valence-electron chi connectivity index (χ1n) is 16.9. The SMILES string of the molecule is Br.Br.Br.Br.Cc1ccc(-c2cc(C(C)C)c(N=Cc3ccccn3)c(C(C)C)c2)cc1-c1cc(C(C)C)c(N=Cc2ccccn2)c(C(C)C)c1.[Ni].[Ni]. The van der Waals surface area contributed by atoms with Crippen molar-refractivity contribution < 1.29 is 33.0 Å². The number of halogens is 4. The van der Waals surface area contributed by atoms with Crippen LogP contribution in [0.2, 0.25) is 0 Å². The van der Waals surface area contributed by atoms with Crippen LogP contribution in [-0.4, -0.2) is 22.4 Å². The molecular formula is C43H52Br4N4Ni2. The molecule has 0 fully saturated rings. The first-order chi connectivity index (χ1) is 22.5. The number of hydrogen-bond acceptors (Lipinski definition) is 4. The van der Waals surface area contributed by atoms with Crippen molar-refractivity contribution in [2.24, 2.45) is 9.98 Å². The van der Waals surface area contributed by atoms with Gasteiger partial charge in [-0.2, -0.15) is 0 Å². The van der Waals surface area contributed by atoms with Gasteiger partial charge in [-0.05, 0) is 135 Å². The van der Waals surface area contributed by atoms with E-state index in [-0.39, 0.29) is 101 Å². The average Bonchev–Trinajstić information content (AvgIpc) is 3.06. The molecule has 4 nitrogen and oxygen atoms in total. The van der Waals surface area contributed by atoms with Crippen LogP contribution in [0.1, 0.15) is 118 Å². The molecule has 53 heavy (non-hydrogen) atoms. The molecule has 10 heteroatoms. The number of benzene rings is 3. The van der Waals surface area contributed by atoms with Crippen molar-refractivity contribution in [1.82, 2.24) is 9.97 Å². The van der Waals surface area contributed by atoms with Crippen LogP contribution >= 0.6 is 67.9 Å². The van der Waals surface area contributed by atoms with Crippen molar-refractivity contribution in [3.63, 3.8) is 0 Å². The number of hydrogen-bond donors (Lipinski definition) is 0. The molecule has 0 aliphatic heterocycles. The standard InChI is InChI=1S/C43H48N4.4BrH.2Ni/c1-27(2)37-21-33(22-38(28(3)4)42(37)46-25-35-14-10-12-18-44-35)32-17-16-31(9)41(20-32)34-23-39(29(5)6)43(40(24-34)30(7)8)47-26-36-15-11-13-19-45-36;;;;;;/h10-30H,1-9H3;4*1H;;. The molecule has 2 heterocycles. The van der Waals surface area contributed by atoms with Crippen molar-refractivity contribution in [3.8, 4) is 22.3 Å². The van der Waals surface area contributed by atoms with Gasteiger partial charge in [0.1, 0.15) is 0 Å². The average molecular weight is 1060 g/mol. The number of nitrogens with zero attached hydrogens (tertiary/aromatic N) is 4. The first kappa shape index (κ1) is 53.3. The second-order valence-electron chi connectivity index (χ2n) is 13.7. The minimum atomic E-state index is 0. The fourth-order valence-electron chi connectivity index (χ4n) is 6.02. The molecule has 0 spiro atoms. The summed E-state index contributed by atoms with van der Waals surface area (Å²) in [6.07, 6.45) is 7.40. The third kappa shape index (κ3) is 13.4. The summed E-state index contributed by atoms with van der Waals surface area (Å²) in [5, 5.41) is 0. The summed E-state index contributed by atoms with van der Waals surface area (Å²) < 4.78 is 0. The van der Waals surface area contributed by atoms with Crippen molar-refractivity contribution in [2.75, 3.05) is 0 Å². The third-order valence-electron chi connectivity index (χ3n) is 8.74. The smallest absolute Gasteiger partial charge is 0.0812 e. The topological polar surface area (TPSA) is 50.5 Å². The third-order valence-corrected chi connectivity index (χ3v) is 8.74. The van der Waals surface area contributed by atoms with Crippen LogP contribution in [0, 0.1) is 6.92 Å². The number of aryl methyl sites for hydroxylation is 1. The Kier molecular flexibility index (Phi) is 24.8. The van der Waals surface area contributed by atoms with Gasteiger partial charge in [0.05, 0.1) is 35.2 Å². The molecule has 0 atom stereocenters. The Bertz CT molecular complexity index is 1860. The van der Waals surface area contributed by atoms with E-state index in [0.717, 1.165) is 22.8 Å². The Labute approximate surface area is 380 Å². The molecule has 3 aromatic carbocycles. The minimum Gasteiger partial charge on any atom is -0.255 e. The van der Waals surface area contributed by atoms with E-state index in [0.29, 0.717) is 23.7 Å². The van der Waals surface area contributed by atoms with Gasteiger partial charge in [-0.25, -0.2) is 0 Å². The van der Waals surface area contributed by atoms with Crippen LogP contribution in [0.3, 0.4) is 0 Å². The Balaban J connectivity index is 0. The zero-order valence-corrected chi connectivity index (χ0v) is 40.5. The van der Waals surface area contributed by atoms with E-state index in [1.54, 1.807) is 0 Å². The molecule has 5 rings (SSSR count). The van der Waals surface area contributed by atoms with E-state index in [1.807, 2.05) is 61.2 Å². The van der Waals surface area contributed by atoms with Crippen molar-refractivity contribution in [2.45, 2.75) is 86.0 Å². The summed E-state index contributed by atoms with van der Waals surface area (Å²) in [7, 11) is 0. The summed E-state index contributed by atoms with van der Waals surface area (Å²) in [4.78, 5) is 19.0. The largest absolute Gasteiger partial charge is 0.255 e. The summed E-state index contributed by atoms with van der Waals surface area (Å²) in [6.45, 7) is 20.2. The second kappa shape index (κ2) is 24.7. The predicted octanol–water partition coefficient (Wildman–Crippen LogP) is 14.4. The summed E-state index contributed by atoms with van der Waals surface area (Å²) in [5.74, 6) is 1.26.